The second kappa shape index (κ2) is 5.56. The van der Waals surface area contributed by atoms with Gasteiger partial charge in [-0.15, -0.1) is 0 Å². The zero-order valence-electron chi connectivity index (χ0n) is 10.4. The van der Waals surface area contributed by atoms with Gasteiger partial charge in [-0.1, -0.05) is 0 Å². The highest BCUT2D eigenvalue weighted by atomic mass is 35.7. The summed E-state index contributed by atoms with van der Waals surface area (Å²) in [7, 11) is 1.50. The molecule has 1 amide bonds. The summed E-state index contributed by atoms with van der Waals surface area (Å²) in [6.45, 7) is 1.60. The Morgan fingerprint density at radius 2 is 2.00 bits per heavy atom. The summed E-state index contributed by atoms with van der Waals surface area (Å²) < 4.78 is 22.5. The van der Waals surface area contributed by atoms with E-state index >= 15 is 0 Å². The fourth-order valence-electron chi connectivity index (χ4n) is 1.63. The van der Waals surface area contributed by atoms with Gasteiger partial charge in [0.05, 0.1) is 22.9 Å². The molecule has 0 aliphatic heterocycles. The number of benzene rings is 1. The molecule has 0 saturated heterocycles. The second-order valence-corrected chi connectivity index (χ2v) is 6.54. The molecule has 0 aliphatic rings. The summed E-state index contributed by atoms with van der Waals surface area (Å²) in [6, 6.07) is 5.86. The van der Waals surface area contributed by atoms with Crippen molar-refractivity contribution in [3.8, 4) is 0 Å². The van der Waals surface area contributed by atoms with E-state index in [0.29, 0.717) is 16.8 Å². The number of hydrogen-bond donors (Lipinski definition) is 1. The number of anilines is 1. The van der Waals surface area contributed by atoms with E-state index < -0.39 is 9.05 Å². The van der Waals surface area contributed by atoms with Gasteiger partial charge in [0.25, 0.3) is 15.0 Å². The van der Waals surface area contributed by atoms with E-state index in [-0.39, 0.29) is 10.8 Å². The molecule has 6 nitrogen and oxygen atoms in total. The lowest BCUT2D eigenvalue weighted by molar-refractivity contribution is 0.102. The predicted octanol–water partition coefficient (Wildman–Crippen LogP) is 1.96. The SMILES string of the molecule is Cc1cc(NC(=O)c2ccnnc2)ccc1S(=O)(=O)Cl. The number of aryl methyl sites for hydroxylation is 1. The number of carbonyl (C=O) groups excluding carboxylic acids is 1. The fourth-order valence-corrected chi connectivity index (χ4v) is 2.82. The van der Waals surface area contributed by atoms with Crippen molar-refractivity contribution in [3.63, 3.8) is 0 Å². The monoisotopic (exact) mass is 311 g/mol. The van der Waals surface area contributed by atoms with Crippen LogP contribution in [0.3, 0.4) is 0 Å². The summed E-state index contributed by atoms with van der Waals surface area (Å²) in [5, 5.41) is 9.81. The number of rotatable bonds is 3. The molecule has 0 unspecified atom stereocenters. The van der Waals surface area contributed by atoms with Crippen molar-refractivity contribution in [1.82, 2.24) is 10.2 Å². The number of amides is 1. The first kappa shape index (κ1) is 14.4. The maximum Gasteiger partial charge on any atom is 0.261 e. The maximum atomic E-state index is 11.9. The molecule has 1 aromatic carbocycles. The van der Waals surface area contributed by atoms with Crippen molar-refractivity contribution in [2.75, 3.05) is 5.32 Å². The van der Waals surface area contributed by atoms with Crippen molar-refractivity contribution in [3.05, 3.63) is 47.8 Å². The van der Waals surface area contributed by atoms with Crippen molar-refractivity contribution < 1.29 is 13.2 Å². The van der Waals surface area contributed by atoms with E-state index in [1.807, 2.05) is 0 Å². The first-order valence-electron chi connectivity index (χ1n) is 5.51. The first-order chi connectivity index (χ1) is 9.38. The van der Waals surface area contributed by atoms with Gasteiger partial charge in [0.2, 0.25) is 0 Å². The molecule has 0 spiro atoms. The molecule has 0 fully saturated rings. The number of nitrogens with zero attached hydrogens (tertiary/aromatic N) is 2. The number of aromatic nitrogens is 2. The fraction of sp³-hybridized carbons (Fsp3) is 0.0833. The Balaban J connectivity index is 2.24. The average molecular weight is 312 g/mol. The van der Waals surface area contributed by atoms with Crippen LogP contribution in [-0.4, -0.2) is 24.5 Å². The van der Waals surface area contributed by atoms with Crippen LogP contribution in [-0.2, 0) is 9.05 Å². The van der Waals surface area contributed by atoms with Crippen LogP contribution in [0.5, 0.6) is 0 Å². The van der Waals surface area contributed by atoms with Crippen LogP contribution in [0, 0.1) is 6.92 Å². The number of halogens is 1. The first-order valence-corrected chi connectivity index (χ1v) is 7.82. The molecule has 8 heteroatoms. The average Bonchev–Trinajstić information content (AvgIpc) is 2.38. The molecule has 0 saturated carbocycles. The highest BCUT2D eigenvalue weighted by molar-refractivity contribution is 8.13. The summed E-state index contributed by atoms with van der Waals surface area (Å²) in [6.07, 6.45) is 2.74. The van der Waals surface area contributed by atoms with Crippen LogP contribution < -0.4 is 5.32 Å². The Labute approximate surface area is 120 Å². The molecule has 1 aromatic heterocycles. The minimum atomic E-state index is -3.79. The van der Waals surface area contributed by atoms with Gasteiger partial charge < -0.3 is 5.32 Å². The molecule has 1 N–H and O–H groups in total. The number of carbonyl (C=O) groups is 1. The maximum absolute atomic E-state index is 11.9. The van der Waals surface area contributed by atoms with Gasteiger partial charge in [0.1, 0.15) is 0 Å². The van der Waals surface area contributed by atoms with Crippen LogP contribution >= 0.6 is 10.7 Å². The highest BCUT2D eigenvalue weighted by Crippen LogP contribution is 2.22. The van der Waals surface area contributed by atoms with E-state index in [2.05, 4.69) is 15.5 Å². The lowest BCUT2D eigenvalue weighted by Gasteiger charge is -2.07. The van der Waals surface area contributed by atoms with Crippen LogP contribution in [0.4, 0.5) is 5.69 Å². The number of hydrogen-bond acceptors (Lipinski definition) is 5. The highest BCUT2D eigenvalue weighted by Gasteiger charge is 2.14. The zero-order chi connectivity index (χ0) is 14.8. The van der Waals surface area contributed by atoms with E-state index in [4.69, 9.17) is 10.7 Å². The van der Waals surface area contributed by atoms with Crippen LogP contribution in [0.1, 0.15) is 15.9 Å². The lowest BCUT2D eigenvalue weighted by Crippen LogP contribution is -2.12. The Hall–Kier alpha value is -1.99. The van der Waals surface area contributed by atoms with Crippen LogP contribution in [0.15, 0.2) is 41.6 Å². The zero-order valence-corrected chi connectivity index (χ0v) is 11.9. The van der Waals surface area contributed by atoms with E-state index in [1.165, 1.54) is 36.7 Å². The summed E-state index contributed by atoms with van der Waals surface area (Å²) in [5.74, 6) is -0.360. The molecule has 0 aliphatic carbocycles. The summed E-state index contributed by atoms with van der Waals surface area (Å²) in [5.41, 5.74) is 1.27. The lowest BCUT2D eigenvalue weighted by atomic mass is 10.2. The van der Waals surface area contributed by atoms with Crippen LogP contribution in [0.2, 0.25) is 0 Å². The van der Waals surface area contributed by atoms with Crippen molar-refractivity contribution in [2.24, 2.45) is 0 Å². The molecule has 2 aromatic rings. The van der Waals surface area contributed by atoms with Gasteiger partial charge in [0, 0.05) is 16.4 Å². The molecule has 0 atom stereocenters. The van der Waals surface area contributed by atoms with Gasteiger partial charge in [0.15, 0.2) is 0 Å². The molecule has 2 rings (SSSR count). The van der Waals surface area contributed by atoms with Gasteiger partial charge in [-0.05, 0) is 36.8 Å². The van der Waals surface area contributed by atoms with E-state index in [1.54, 1.807) is 6.92 Å². The minimum absolute atomic E-state index is 0.0164. The largest absolute Gasteiger partial charge is 0.322 e. The van der Waals surface area contributed by atoms with E-state index in [0.717, 1.165) is 0 Å². The normalized spacial score (nSPS) is 11.1. The Bertz CT molecular complexity index is 748. The molecular weight excluding hydrogens is 302 g/mol. The van der Waals surface area contributed by atoms with Crippen molar-refractivity contribution in [1.29, 1.82) is 0 Å². The Kier molecular flexibility index (Phi) is 4.01. The molecular formula is C12H10ClN3O3S. The minimum Gasteiger partial charge on any atom is -0.322 e. The third kappa shape index (κ3) is 3.31. The predicted molar refractivity (Wildman–Crippen MR) is 74.2 cm³/mol. The quantitative estimate of drug-likeness (QED) is 0.875. The third-order valence-corrected chi connectivity index (χ3v) is 4.02. The standard InChI is InChI=1S/C12H10ClN3O3S/c1-8-6-10(2-3-11(8)20(13,18)19)16-12(17)9-4-5-14-15-7-9/h2-7H,1H3,(H,16,17). The van der Waals surface area contributed by atoms with Crippen molar-refractivity contribution >= 4 is 31.3 Å². The Morgan fingerprint density at radius 1 is 1.25 bits per heavy atom. The Morgan fingerprint density at radius 3 is 2.55 bits per heavy atom. The van der Waals surface area contributed by atoms with Crippen molar-refractivity contribution in [2.45, 2.75) is 11.8 Å². The third-order valence-electron chi connectivity index (χ3n) is 2.54. The molecule has 0 radical (unpaired) electrons. The molecule has 0 bridgehead atoms. The van der Waals surface area contributed by atoms with Crippen LogP contribution in [0.25, 0.3) is 0 Å². The van der Waals surface area contributed by atoms with Gasteiger partial charge in [-0.25, -0.2) is 8.42 Å². The number of nitrogens with one attached hydrogen (secondary N) is 1. The topological polar surface area (TPSA) is 89.0 Å². The van der Waals surface area contributed by atoms with Gasteiger partial charge in [-0.3, -0.25) is 4.79 Å². The second-order valence-electron chi connectivity index (χ2n) is 4.00. The molecule has 104 valence electrons. The van der Waals surface area contributed by atoms with Gasteiger partial charge >= 0.3 is 0 Å². The summed E-state index contributed by atoms with van der Waals surface area (Å²) >= 11 is 0. The summed E-state index contributed by atoms with van der Waals surface area (Å²) in [4.78, 5) is 11.9. The molecule has 1 heterocycles. The van der Waals surface area contributed by atoms with E-state index in [9.17, 15) is 13.2 Å². The smallest absolute Gasteiger partial charge is 0.261 e. The molecule has 20 heavy (non-hydrogen) atoms. The van der Waals surface area contributed by atoms with Gasteiger partial charge in [-0.2, -0.15) is 10.2 Å².